The second-order valence-corrected chi connectivity index (χ2v) is 10.3. The van der Waals surface area contributed by atoms with Gasteiger partial charge >= 0.3 is 0 Å². The Morgan fingerprint density at radius 1 is 0.970 bits per heavy atom. The molecule has 0 radical (unpaired) electrons. The van der Waals surface area contributed by atoms with Gasteiger partial charge in [0.2, 0.25) is 5.95 Å². The molecule has 0 amide bonds. The molecule has 1 fully saturated rings. The van der Waals surface area contributed by atoms with Crippen molar-refractivity contribution in [1.29, 1.82) is 0 Å². The third kappa shape index (κ3) is 4.14. The van der Waals surface area contributed by atoms with Crippen molar-refractivity contribution in [2.75, 3.05) is 55.1 Å². The number of benzene rings is 1. The maximum Gasteiger partial charge on any atom is 0.226 e. The quantitative estimate of drug-likeness (QED) is 0.387. The fraction of sp³-hybridized carbons (Fsp3) is 0.520. The second-order valence-electron chi connectivity index (χ2n) is 9.34. The maximum atomic E-state index is 4.98. The van der Waals surface area contributed by atoms with Gasteiger partial charge in [-0.1, -0.05) is 29.8 Å². The van der Waals surface area contributed by atoms with Crippen LogP contribution in [0, 0.1) is 25.7 Å². The van der Waals surface area contributed by atoms with Gasteiger partial charge < -0.3 is 20.9 Å². The van der Waals surface area contributed by atoms with Gasteiger partial charge in [-0.2, -0.15) is 9.97 Å². The van der Waals surface area contributed by atoms with Crippen molar-refractivity contribution in [2.24, 2.45) is 11.8 Å². The summed E-state index contributed by atoms with van der Waals surface area (Å²) < 4.78 is 3.32. The molecule has 178 valence electrons. The van der Waals surface area contributed by atoms with Crippen LogP contribution in [0.1, 0.15) is 37.8 Å². The Morgan fingerprint density at radius 2 is 1.61 bits per heavy atom. The van der Waals surface area contributed by atoms with Gasteiger partial charge in [0.05, 0.1) is 16.8 Å². The Labute approximate surface area is 205 Å². The first-order chi connectivity index (χ1) is 15.8. The molecule has 4 rings (SSSR count). The highest BCUT2D eigenvalue weighted by Crippen LogP contribution is 2.43. The summed E-state index contributed by atoms with van der Waals surface area (Å²) in [6, 6.07) is 4.31. The molecular weight excluding hydrogens is 478 g/mol. The molecule has 0 saturated carbocycles. The number of piperidine rings is 1. The number of fused-ring (bicyclic) bond motifs is 1. The van der Waals surface area contributed by atoms with Crippen LogP contribution in [0.25, 0.3) is 16.7 Å². The molecular formula is C25H36BrN7. The molecule has 7 nitrogen and oxygen atoms in total. The van der Waals surface area contributed by atoms with Gasteiger partial charge in [0.1, 0.15) is 11.6 Å². The van der Waals surface area contributed by atoms with Crippen LogP contribution in [-0.2, 0) is 0 Å². The van der Waals surface area contributed by atoms with E-state index in [4.69, 9.17) is 9.97 Å². The summed E-state index contributed by atoms with van der Waals surface area (Å²) in [5.74, 6) is 4.12. The molecule has 0 bridgehead atoms. The van der Waals surface area contributed by atoms with Crippen LogP contribution in [0.2, 0.25) is 0 Å². The summed E-state index contributed by atoms with van der Waals surface area (Å²) in [4.78, 5) is 12.4. The van der Waals surface area contributed by atoms with Crippen molar-refractivity contribution in [3.63, 3.8) is 0 Å². The molecule has 1 aromatic carbocycles. The molecule has 0 aliphatic carbocycles. The molecule has 0 unspecified atom stereocenters. The number of anilines is 4. The van der Waals surface area contributed by atoms with E-state index in [9.17, 15) is 0 Å². The minimum atomic E-state index is 0.639. The Balaban J connectivity index is 1.99. The fourth-order valence-electron chi connectivity index (χ4n) is 5.23. The van der Waals surface area contributed by atoms with Gasteiger partial charge in [0, 0.05) is 38.7 Å². The molecule has 3 N–H and O–H groups in total. The van der Waals surface area contributed by atoms with E-state index in [1.54, 1.807) is 0 Å². The summed E-state index contributed by atoms with van der Waals surface area (Å²) in [6.45, 7) is 11.0. The maximum absolute atomic E-state index is 4.98. The Hall–Kier alpha value is -2.48. The highest BCUT2D eigenvalue weighted by atomic mass is 79.9. The van der Waals surface area contributed by atoms with Crippen LogP contribution in [-0.4, -0.2) is 48.8 Å². The molecule has 1 saturated heterocycles. The first-order valence-corrected chi connectivity index (χ1v) is 12.6. The molecule has 2 aromatic heterocycles. The van der Waals surface area contributed by atoms with Gasteiger partial charge in [0.25, 0.3) is 0 Å². The SMILES string of the molecule is CNc1nc(N2CCC(C(C)C)CC2)c2c(NC)c(NC)n(-c3c(C)cc(Br)cc3C)c2n1. The summed E-state index contributed by atoms with van der Waals surface area (Å²) in [5, 5.41) is 11.2. The van der Waals surface area contributed by atoms with Crippen LogP contribution in [0.5, 0.6) is 0 Å². The molecule has 3 aromatic rings. The van der Waals surface area contributed by atoms with Crippen molar-refractivity contribution in [1.82, 2.24) is 14.5 Å². The molecule has 33 heavy (non-hydrogen) atoms. The second kappa shape index (κ2) is 9.41. The number of hydrogen-bond donors (Lipinski definition) is 3. The van der Waals surface area contributed by atoms with Crippen molar-refractivity contribution >= 4 is 50.2 Å². The number of aromatic nitrogens is 3. The Kier molecular flexibility index (Phi) is 6.75. The monoisotopic (exact) mass is 513 g/mol. The summed E-state index contributed by atoms with van der Waals surface area (Å²) in [5.41, 5.74) is 5.43. The van der Waals surface area contributed by atoms with E-state index in [-0.39, 0.29) is 0 Å². The van der Waals surface area contributed by atoms with Crippen molar-refractivity contribution in [3.8, 4) is 5.69 Å². The Morgan fingerprint density at radius 3 is 2.12 bits per heavy atom. The predicted molar refractivity (Wildman–Crippen MR) is 144 cm³/mol. The van der Waals surface area contributed by atoms with E-state index >= 15 is 0 Å². The number of nitrogens with one attached hydrogen (secondary N) is 3. The van der Waals surface area contributed by atoms with Crippen molar-refractivity contribution < 1.29 is 0 Å². The molecule has 0 atom stereocenters. The lowest BCUT2D eigenvalue weighted by atomic mass is 9.87. The number of aryl methyl sites for hydroxylation is 2. The van der Waals surface area contributed by atoms with Crippen molar-refractivity contribution in [3.05, 3.63) is 27.7 Å². The van der Waals surface area contributed by atoms with Crippen LogP contribution in [0.4, 0.5) is 23.3 Å². The van der Waals surface area contributed by atoms with E-state index in [1.165, 1.54) is 24.0 Å². The van der Waals surface area contributed by atoms with Crippen LogP contribution in [0.3, 0.4) is 0 Å². The third-order valence-electron chi connectivity index (χ3n) is 6.96. The normalized spacial score (nSPS) is 14.9. The average Bonchev–Trinajstić information content (AvgIpc) is 3.11. The summed E-state index contributed by atoms with van der Waals surface area (Å²) in [7, 11) is 5.83. The highest BCUT2D eigenvalue weighted by Gasteiger charge is 2.29. The topological polar surface area (TPSA) is 70.0 Å². The smallest absolute Gasteiger partial charge is 0.226 e. The van der Waals surface area contributed by atoms with Crippen LogP contribution >= 0.6 is 15.9 Å². The molecule has 1 aliphatic heterocycles. The van der Waals surface area contributed by atoms with E-state index in [2.05, 4.69) is 81.2 Å². The predicted octanol–water partition coefficient (Wildman–Crippen LogP) is 5.80. The molecule has 8 heteroatoms. The van der Waals surface area contributed by atoms with E-state index in [0.29, 0.717) is 5.95 Å². The van der Waals surface area contributed by atoms with Crippen LogP contribution in [0.15, 0.2) is 16.6 Å². The van der Waals surface area contributed by atoms with Crippen molar-refractivity contribution in [2.45, 2.75) is 40.5 Å². The zero-order valence-corrected chi connectivity index (χ0v) is 22.4. The van der Waals surface area contributed by atoms with Gasteiger partial charge in [-0.25, -0.2) is 0 Å². The highest BCUT2D eigenvalue weighted by molar-refractivity contribution is 9.10. The number of nitrogens with zero attached hydrogens (tertiary/aromatic N) is 4. The largest absolute Gasteiger partial charge is 0.384 e. The lowest BCUT2D eigenvalue weighted by Crippen LogP contribution is -2.36. The van der Waals surface area contributed by atoms with Gasteiger partial charge in [-0.05, 0) is 61.8 Å². The van der Waals surface area contributed by atoms with E-state index < -0.39 is 0 Å². The van der Waals surface area contributed by atoms with E-state index in [1.807, 2.05) is 21.1 Å². The minimum Gasteiger partial charge on any atom is -0.384 e. The van der Waals surface area contributed by atoms with Gasteiger partial charge in [-0.15, -0.1) is 0 Å². The fourth-order valence-corrected chi connectivity index (χ4v) is 5.92. The number of hydrogen-bond acceptors (Lipinski definition) is 6. The number of halogens is 1. The molecule has 3 heterocycles. The van der Waals surface area contributed by atoms with Crippen LogP contribution < -0.4 is 20.9 Å². The molecule has 0 spiro atoms. The first kappa shape index (κ1) is 23.7. The van der Waals surface area contributed by atoms with E-state index in [0.717, 1.165) is 63.4 Å². The van der Waals surface area contributed by atoms with Gasteiger partial charge in [0.15, 0.2) is 5.65 Å². The van der Waals surface area contributed by atoms with Gasteiger partial charge in [-0.3, -0.25) is 4.57 Å². The zero-order chi connectivity index (χ0) is 23.9. The first-order valence-electron chi connectivity index (χ1n) is 11.8. The standard InChI is InChI=1S/C25H36BrN7/c1-14(2)17-8-10-32(11-9-17)22-19-20(27-5)24(28-6)33(23(19)31-25(29-7)30-22)21-15(3)12-18(26)13-16(21)4/h12-14,17,27-28H,8-11H2,1-7H3,(H,29,30,31). The zero-order valence-electron chi connectivity index (χ0n) is 20.8. The molecule has 1 aliphatic rings. The lowest BCUT2D eigenvalue weighted by Gasteiger charge is -2.35. The Bertz CT molecular complexity index is 1140. The third-order valence-corrected chi connectivity index (χ3v) is 7.42. The average molecular weight is 515 g/mol. The summed E-state index contributed by atoms with van der Waals surface area (Å²) in [6.07, 6.45) is 2.38. The summed E-state index contributed by atoms with van der Waals surface area (Å²) >= 11 is 3.65. The lowest BCUT2D eigenvalue weighted by molar-refractivity contribution is 0.311. The minimum absolute atomic E-state index is 0.639. The number of rotatable bonds is 6.